The standard InChI is InChI=1S/C23H36N4O3/c1-18(19-4-6-21(29-3)7-5-19)8-11-25-23(24-2)27-12-9-20(10-13-27)22(28)26-14-16-30-17-15-26/h4-7,18,20H,8-17H2,1-3H3,(H,24,25). The Morgan fingerprint density at radius 3 is 2.43 bits per heavy atom. The Balaban J connectivity index is 1.41. The zero-order valence-electron chi connectivity index (χ0n) is 18.6. The Labute approximate surface area is 180 Å². The van der Waals surface area contributed by atoms with E-state index >= 15 is 0 Å². The van der Waals surface area contributed by atoms with Crippen molar-refractivity contribution in [1.82, 2.24) is 15.1 Å². The number of piperidine rings is 1. The molecule has 0 aromatic heterocycles. The van der Waals surface area contributed by atoms with E-state index in [1.54, 1.807) is 7.11 Å². The van der Waals surface area contributed by atoms with Crippen LogP contribution in [-0.2, 0) is 9.53 Å². The van der Waals surface area contributed by atoms with Gasteiger partial charge in [-0.05, 0) is 42.9 Å². The Morgan fingerprint density at radius 2 is 1.83 bits per heavy atom. The number of hydrogen-bond acceptors (Lipinski definition) is 4. The number of benzene rings is 1. The molecule has 7 nitrogen and oxygen atoms in total. The molecular weight excluding hydrogens is 380 g/mol. The summed E-state index contributed by atoms with van der Waals surface area (Å²) in [7, 11) is 3.52. The quantitative estimate of drug-likeness (QED) is 0.570. The molecule has 2 aliphatic rings. The summed E-state index contributed by atoms with van der Waals surface area (Å²) < 4.78 is 10.6. The summed E-state index contributed by atoms with van der Waals surface area (Å²) >= 11 is 0. The summed E-state index contributed by atoms with van der Waals surface area (Å²) in [5.74, 6) is 2.72. The van der Waals surface area contributed by atoms with Crippen LogP contribution in [0, 0.1) is 5.92 Å². The van der Waals surface area contributed by atoms with Gasteiger partial charge in [-0.1, -0.05) is 19.1 Å². The summed E-state index contributed by atoms with van der Waals surface area (Å²) in [6.45, 7) is 7.64. The third-order valence-electron chi connectivity index (χ3n) is 6.22. The fourth-order valence-corrected chi connectivity index (χ4v) is 4.21. The van der Waals surface area contributed by atoms with Crippen LogP contribution in [0.5, 0.6) is 5.75 Å². The fourth-order valence-electron chi connectivity index (χ4n) is 4.21. The van der Waals surface area contributed by atoms with Crippen LogP contribution in [0.2, 0.25) is 0 Å². The lowest BCUT2D eigenvalue weighted by atomic mass is 9.95. The minimum Gasteiger partial charge on any atom is -0.497 e. The van der Waals surface area contributed by atoms with Gasteiger partial charge in [0, 0.05) is 45.7 Å². The lowest BCUT2D eigenvalue weighted by Crippen LogP contribution is -2.50. The first-order valence-corrected chi connectivity index (χ1v) is 11.1. The van der Waals surface area contributed by atoms with E-state index < -0.39 is 0 Å². The second-order valence-corrected chi connectivity index (χ2v) is 8.14. The first-order valence-electron chi connectivity index (χ1n) is 11.1. The van der Waals surface area contributed by atoms with Gasteiger partial charge in [0.1, 0.15) is 5.75 Å². The van der Waals surface area contributed by atoms with Gasteiger partial charge in [0.15, 0.2) is 5.96 Å². The Morgan fingerprint density at radius 1 is 1.17 bits per heavy atom. The minimum atomic E-state index is 0.132. The molecule has 0 aliphatic carbocycles. The SMILES string of the molecule is CN=C(NCCC(C)c1ccc(OC)cc1)N1CCC(C(=O)N2CCOCC2)CC1. The van der Waals surface area contributed by atoms with Crippen molar-refractivity contribution in [2.45, 2.75) is 32.1 Å². The predicted molar refractivity (Wildman–Crippen MR) is 119 cm³/mol. The van der Waals surface area contributed by atoms with Gasteiger partial charge < -0.3 is 24.6 Å². The van der Waals surface area contributed by atoms with Crippen molar-refractivity contribution >= 4 is 11.9 Å². The van der Waals surface area contributed by atoms with E-state index in [2.05, 4.69) is 34.3 Å². The molecule has 1 aromatic carbocycles. The van der Waals surface area contributed by atoms with Crippen LogP contribution in [0.15, 0.2) is 29.3 Å². The van der Waals surface area contributed by atoms with Gasteiger partial charge in [0.25, 0.3) is 0 Å². The molecule has 2 aliphatic heterocycles. The number of hydrogen-bond donors (Lipinski definition) is 1. The second-order valence-electron chi connectivity index (χ2n) is 8.14. The van der Waals surface area contributed by atoms with Gasteiger partial charge in [-0.25, -0.2) is 0 Å². The highest BCUT2D eigenvalue weighted by molar-refractivity contribution is 5.81. The van der Waals surface area contributed by atoms with Crippen molar-refractivity contribution in [2.24, 2.45) is 10.9 Å². The molecule has 2 saturated heterocycles. The number of morpholine rings is 1. The average molecular weight is 417 g/mol. The molecule has 0 spiro atoms. The summed E-state index contributed by atoms with van der Waals surface area (Å²) in [5.41, 5.74) is 1.31. The largest absolute Gasteiger partial charge is 0.497 e. The number of rotatable bonds is 6. The number of carbonyl (C=O) groups excluding carboxylic acids is 1. The third kappa shape index (κ3) is 5.88. The summed E-state index contributed by atoms with van der Waals surface area (Å²) in [6.07, 6.45) is 2.80. The number of aliphatic imine (C=N–C) groups is 1. The number of guanidine groups is 1. The molecular formula is C23H36N4O3. The smallest absolute Gasteiger partial charge is 0.225 e. The molecule has 166 valence electrons. The second kappa shape index (κ2) is 11.2. The average Bonchev–Trinajstić information content (AvgIpc) is 2.82. The molecule has 30 heavy (non-hydrogen) atoms. The first-order chi connectivity index (χ1) is 14.6. The van der Waals surface area contributed by atoms with E-state index in [9.17, 15) is 4.79 Å². The zero-order valence-corrected chi connectivity index (χ0v) is 18.6. The third-order valence-corrected chi connectivity index (χ3v) is 6.22. The molecule has 2 fully saturated rings. The van der Waals surface area contributed by atoms with E-state index in [0.717, 1.165) is 63.7 Å². The van der Waals surface area contributed by atoms with E-state index in [1.807, 2.05) is 24.1 Å². The maximum Gasteiger partial charge on any atom is 0.225 e. The molecule has 1 aromatic rings. The highest BCUT2D eigenvalue weighted by atomic mass is 16.5. The summed E-state index contributed by atoms with van der Waals surface area (Å²) in [4.78, 5) is 21.4. The van der Waals surface area contributed by atoms with Crippen LogP contribution in [0.4, 0.5) is 0 Å². The van der Waals surface area contributed by atoms with E-state index in [-0.39, 0.29) is 5.92 Å². The van der Waals surface area contributed by atoms with Gasteiger partial charge in [0.05, 0.1) is 20.3 Å². The van der Waals surface area contributed by atoms with Gasteiger partial charge in [-0.2, -0.15) is 0 Å². The van der Waals surface area contributed by atoms with Gasteiger partial charge >= 0.3 is 0 Å². The molecule has 2 heterocycles. The molecule has 7 heteroatoms. The van der Waals surface area contributed by atoms with Crippen molar-refractivity contribution < 1.29 is 14.3 Å². The number of nitrogens with zero attached hydrogens (tertiary/aromatic N) is 3. The van der Waals surface area contributed by atoms with Crippen LogP contribution in [0.1, 0.15) is 37.7 Å². The molecule has 3 rings (SSSR count). The summed E-state index contributed by atoms with van der Waals surface area (Å²) in [5, 5.41) is 3.51. The number of methoxy groups -OCH3 is 1. The molecule has 0 radical (unpaired) electrons. The van der Waals surface area contributed by atoms with Crippen molar-refractivity contribution in [2.75, 3.05) is 60.1 Å². The van der Waals surface area contributed by atoms with Crippen molar-refractivity contribution in [3.63, 3.8) is 0 Å². The lowest BCUT2D eigenvalue weighted by molar-refractivity contribution is -0.140. The first kappa shape index (κ1) is 22.4. The minimum absolute atomic E-state index is 0.132. The van der Waals surface area contributed by atoms with Crippen molar-refractivity contribution in [1.29, 1.82) is 0 Å². The number of ether oxygens (including phenoxy) is 2. The highest BCUT2D eigenvalue weighted by Gasteiger charge is 2.30. The zero-order chi connectivity index (χ0) is 21.3. The van der Waals surface area contributed by atoms with E-state index in [0.29, 0.717) is 25.0 Å². The van der Waals surface area contributed by atoms with Crippen LogP contribution in [0.25, 0.3) is 0 Å². The van der Waals surface area contributed by atoms with Crippen LogP contribution in [0.3, 0.4) is 0 Å². The van der Waals surface area contributed by atoms with E-state index in [4.69, 9.17) is 9.47 Å². The van der Waals surface area contributed by atoms with E-state index in [1.165, 1.54) is 5.56 Å². The van der Waals surface area contributed by atoms with Crippen molar-refractivity contribution in [3.05, 3.63) is 29.8 Å². The molecule has 1 N–H and O–H groups in total. The topological polar surface area (TPSA) is 66.4 Å². The fraction of sp³-hybridized carbons (Fsp3) is 0.652. The number of amides is 1. The van der Waals surface area contributed by atoms with Gasteiger partial charge in [0.2, 0.25) is 5.91 Å². The Bertz CT molecular complexity index is 693. The summed E-state index contributed by atoms with van der Waals surface area (Å²) in [6, 6.07) is 8.30. The molecule has 1 atom stereocenters. The number of carbonyl (C=O) groups is 1. The van der Waals surface area contributed by atoms with Gasteiger partial charge in [-0.3, -0.25) is 9.79 Å². The molecule has 1 amide bonds. The highest BCUT2D eigenvalue weighted by Crippen LogP contribution is 2.22. The number of nitrogens with one attached hydrogen (secondary N) is 1. The molecule has 1 unspecified atom stereocenters. The Kier molecular flexibility index (Phi) is 8.37. The Hall–Kier alpha value is -2.28. The van der Waals surface area contributed by atoms with Crippen LogP contribution in [-0.4, -0.2) is 81.8 Å². The predicted octanol–water partition coefficient (Wildman–Crippen LogP) is 2.33. The molecule has 0 saturated carbocycles. The van der Waals surface area contributed by atoms with Crippen molar-refractivity contribution in [3.8, 4) is 5.75 Å². The van der Waals surface area contributed by atoms with Crippen LogP contribution < -0.4 is 10.1 Å². The molecule has 0 bridgehead atoms. The lowest BCUT2D eigenvalue weighted by Gasteiger charge is -2.36. The maximum atomic E-state index is 12.7. The number of likely N-dealkylation sites (tertiary alicyclic amines) is 1. The monoisotopic (exact) mass is 416 g/mol. The maximum absolute atomic E-state index is 12.7. The normalized spacial score (nSPS) is 19.5. The van der Waals surface area contributed by atoms with Crippen LogP contribution >= 0.6 is 0 Å². The van der Waals surface area contributed by atoms with Gasteiger partial charge in [-0.15, -0.1) is 0 Å².